The van der Waals surface area contributed by atoms with Gasteiger partial charge in [-0.25, -0.2) is 22.6 Å². The first-order valence-corrected chi connectivity index (χ1v) is 13.2. The molecule has 0 bridgehead atoms. The van der Waals surface area contributed by atoms with Crippen molar-refractivity contribution in [1.82, 2.24) is 10.3 Å². The highest BCUT2D eigenvalue weighted by molar-refractivity contribution is 8.14. The Kier molecular flexibility index (Phi) is 9.30. The standard InChI is InChI=1S/C28H25F4N3O4S/c1-3-4-12-33-23(36)15-39-22-7-5-6-19(25(22)38-2)28-35(27(37)24-20(31)13-18(30)14-21(24)32)34-26(40-28)16-8-10-17(29)11-9-16/h5-11,13-14,28H,3-4,12,15H2,1-2H3,(H,33,36). The molecule has 1 heterocycles. The van der Waals surface area contributed by atoms with Crippen LogP contribution in [0.5, 0.6) is 11.5 Å². The van der Waals surface area contributed by atoms with Crippen molar-refractivity contribution in [3.05, 3.63) is 94.6 Å². The lowest BCUT2D eigenvalue weighted by Crippen LogP contribution is -2.30. The lowest BCUT2D eigenvalue weighted by atomic mass is 10.1. The van der Waals surface area contributed by atoms with Crippen molar-refractivity contribution in [2.75, 3.05) is 20.3 Å². The summed E-state index contributed by atoms with van der Waals surface area (Å²) in [5.41, 5.74) is -0.207. The van der Waals surface area contributed by atoms with Gasteiger partial charge in [-0.1, -0.05) is 37.2 Å². The van der Waals surface area contributed by atoms with Crippen LogP contribution in [0.4, 0.5) is 17.6 Å². The third kappa shape index (κ3) is 6.39. The SMILES string of the molecule is CCCCNC(=O)COc1cccc(C2SC(c3ccc(F)cc3)=NN2C(=O)c2c(F)cc(F)cc2F)c1OC. The Morgan fingerprint density at radius 1 is 1.02 bits per heavy atom. The van der Waals surface area contributed by atoms with E-state index in [-0.39, 0.29) is 29.1 Å². The number of methoxy groups -OCH3 is 1. The third-order valence-electron chi connectivity index (χ3n) is 5.85. The van der Waals surface area contributed by atoms with Crippen LogP contribution in [0.1, 0.15) is 46.6 Å². The van der Waals surface area contributed by atoms with Crippen molar-refractivity contribution >= 4 is 28.6 Å². The van der Waals surface area contributed by atoms with Gasteiger partial charge in [0.15, 0.2) is 18.1 Å². The summed E-state index contributed by atoms with van der Waals surface area (Å²) in [5, 5.41) is 7.12. The topological polar surface area (TPSA) is 80.2 Å². The number of amides is 2. The summed E-state index contributed by atoms with van der Waals surface area (Å²) in [5.74, 6) is -5.62. The molecule has 3 aromatic rings. The fourth-order valence-corrected chi connectivity index (χ4v) is 5.09. The summed E-state index contributed by atoms with van der Waals surface area (Å²) in [6.07, 6.45) is 1.73. The molecule has 1 unspecified atom stereocenters. The number of nitrogens with one attached hydrogen (secondary N) is 1. The second-order valence-electron chi connectivity index (χ2n) is 8.65. The fraction of sp³-hybridized carbons (Fsp3) is 0.250. The van der Waals surface area contributed by atoms with Gasteiger partial charge in [-0.2, -0.15) is 5.10 Å². The number of carbonyl (C=O) groups excluding carboxylic acids is 2. The number of thioether (sulfide) groups is 1. The molecule has 210 valence electrons. The van der Waals surface area contributed by atoms with Gasteiger partial charge < -0.3 is 14.8 Å². The highest BCUT2D eigenvalue weighted by Crippen LogP contribution is 2.47. The van der Waals surface area contributed by atoms with E-state index in [9.17, 15) is 27.2 Å². The lowest BCUT2D eigenvalue weighted by Gasteiger charge is -2.24. The van der Waals surface area contributed by atoms with Gasteiger partial charge in [-0.05, 0) is 36.8 Å². The van der Waals surface area contributed by atoms with Crippen molar-refractivity contribution in [1.29, 1.82) is 0 Å². The number of hydrogen-bond acceptors (Lipinski definition) is 6. The number of hydrazone groups is 1. The van der Waals surface area contributed by atoms with E-state index >= 15 is 0 Å². The van der Waals surface area contributed by atoms with Gasteiger partial charge in [0.25, 0.3) is 11.8 Å². The molecule has 0 spiro atoms. The van der Waals surface area contributed by atoms with E-state index in [4.69, 9.17) is 9.47 Å². The molecule has 1 aliphatic heterocycles. The van der Waals surface area contributed by atoms with E-state index < -0.39 is 40.1 Å². The van der Waals surface area contributed by atoms with Crippen molar-refractivity contribution in [2.45, 2.75) is 25.1 Å². The van der Waals surface area contributed by atoms with Crippen LogP contribution in [-0.2, 0) is 4.79 Å². The quantitative estimate of drug-likeness (QED) is 0.244. The molecule has 0 radical (unpaired) electrons. The summed E-state index contributed by atoms with van der Waals surface area (Å²) in [6, 6.07) is 10.9. The van der Waals surface area contributed by atoms with E-state index in [2.05, 4.69) is 10.4 Å². The molecule has 12 heteroatoms. The fourth-order valence-electron chi connectivity index (χ4n) is 3.91. The Labute approximate surface area is 232 Å². The maximum atomic E-state index is 14.6. The van der Waals surface area contributed by atoms with Gasteiger partial charge in [0, 0.05) is 29.8 Å². The van der Waals surface area contributed by atoms with E-state index in [1.54, 1.807) is 18.2 Å². The molecule has 40 heavy (non-hydrogen) atoms. The van der Waals surface area contributed by atoms with Crippen molar-refractivity contribution < 1.29 is 36.6 Å². The molecule has 7 nitrogen and oxygen atoms in total. The number of hydrogen-bond donors (Lipinski definition) is 1. The van der Waals surface area contributed by atoms with Crippen LogP contribution in [0.2, 0.25) is 0 Å². The lowest BCUT2D eigenvalue weighted by molar-refractivity contribution is -0.123. The second-order valence-corrected chi connectivity index (χ2v) is 9.72. The molecule has 1 atom stereocenters. The summed E-state index contributed by atoms with van der Waals surface area (Å²) in [7, 11) is 1.36. The Balaban J connectivity index is 1.71. The first kappa shape index (κ1) is 28.9. The predicted octanol–water partition coefficient (Wildman–Crippen LogP) is 5.80. The van der Waals surface area contributed by atoms with Gasteiger partial charge in [-0.3, -0.25) is 9.59 Å². The van der Waals surface area contributed by atoms with Crippen molar-refractivity contribution in [3.8, 4) is 11.5 Å². The number of unbranched alkanes of at least 4 members (excludes halogenated alkanes) is 1. The minimum absolute atomic E-state index is 0.162. The Bertz CT molecular complexity index is 1410. The number of halogens is 4. The van der Waals surface area contributed by atoms with Gasteiger partial charge >= 0.3 is 0 Å². The zero-order chi connectivity index (χ0) is 28.8. The molecule has 1 N–H and O–H groups in total. The van der Waals surface area contributed by atoms with Crippen LogP contribution in [0.25, 0.3) is 0 Å². The van der Waals surface area contributed by atoms with Crippen LogP contribution < -0.4 is 14.8 Å². The molecule has 3 aromatic carbocycles. The van der Waals surface area contributed by atoms with Crippen LogP contribution in [0.3, 0.4) is 0 Å². The average molecular weight is 576 g/mol. The minimum Gasteiger partial charge on any atom is -0.492 e. The van der Waals surface area contributed by atoms with Crippen LogP contribution in [-0.4, -0.2) is 42.1 Å². The van der Waals surface area contributed by atoms with Gasteiger partial charge in [0.05, 0.1) is 7.11 Å². The summed E-state index contributed by atoms with van der Waals surface area (Å²) >= 11 is 1.04. The molecule has 0 fully saturated rings. The van der Waals surface area contributed by atoms with Crippen LogP contribution in [0, 0.1) is 23.3 Å². The minimum atomic E-state index is -1.39. The third-order valence-corrected chi connectivity index (χ3v) is 7.07. The van der Waals surface area contributed by atoms with E-state index in [1.165, 1.54) is 31.4 Å². The number of ether oxygens (including phenoxy) is 2. The van der Waals surface area contributed by atoms with Crippen molar-refractivity contribution in [3.63, 3.8) is 0 Å². The predicted molar refractivity (Wildman–Crippen MR) is 142 cm³/mol. The molecule has 4 rings (SSSR count). The summed E-state index contributed by atoms with van der Waals surface area (Å²) in [4.78, 5) is 25.6. The maximum absolute atomic E-state index is 14.6. The van der Waals surface area contributed by atoms with Crippen LogP contribution in [0.15, 0.2) is 59.7 Å². The molecule has 0 aliphatic carbocycles. The smallest absolute Gasteiger partial charge is 0.281 e. The van der Waals surface area contributed by atoms with E-state index in [0.29, 0.717) is 29.8 Å². The Morgan fingerprint density at radius 3 is 2.38 bits per heavy atom. The van der Waals surface area contributed by atoms with Gasteiger partial charge in [0.1, 0.15) is 39.2 Å². The molecule has 0 aromatic heterocycles. The zero-order valence-electron chi connectivity index (χ0n) is 21.5. The number of carbonyl (C=O) groups is 2. The Hall–Kier alpha value is -4.06. The average Bonchev–Trinajstić information content (AvgIpc) is 3.37. The largest absolute Gasteiger partial charge is 0.492 e. The van der Waals surface area contributed by atoms with Crippen molar-refractivity contribution in [2.24, 2.45) is 5.10 Å². The summed E-state index contributed by atoms with van der Waals surface area (Å²) < 4.78 is 67.5. The normalized spacial score (nSPS) is 14.6. The van der Waals surface area contributed by atoms with Crippen LogP contribution >= 0.6 is 11.8 Å². The molecule has 0 saturated heterocycles. The molecule has 1 aliphatic rings. The number of para-hydroxylation sites is 1. The summed E-state index contributed by atoms with van der Waals surface area (Å²) in [6.45, 7) is 2.21. The Morgan fingerprint density at radius 2 is 1.73 bits per heavy atom. The molecule has 2 amide bonds. The highest BCUT2D eigenvalue weighted by Gasteiger charge is 2.39. The van der Waals surface area contributed by atoms with Gasteiger partial charge in [0.2, 0.25) is 0 Å². The number of nitrogens with zero attached hydrogens (tertiary/aromatic N) is 2. The monoisotopic (exact) mass is 575 g/mol. The van der Waals surface area contributed by atoms with Gasteiger partial charge in [-0.15, -0.1) is 0 Å². The maximum Gasteiger partial charge on any atom is 0.281 e. The molecular weight excluding hydrogens is 550 g/mol. The zero-order valence-corrected chi connectivity index (χ0v) is 22.4. The first-order chi connectivity index (χ1) is 19.2. The molecule has 0 saturated carbocycles. The second kappa shape index (κ2) is 12.9. The van der Waals surface area contributed by atoms with E-state index in [1.807, 2.05) is 6.92 Å². The highest BCUT2D eigenvalue weighted by atomic mass is 32.2. The molecular formula is C28H25F4N3O4S. The van der Waals surface area contributed by atoms with E-state index in [0.717, 1.165) is 29.6 Å². The first-order valence-electron chi connectivity index (χ1n) is 12.3. The number of benzene rings is 3. The number of rotatable bonds is 10.